The van der Waals surface area contributed by atoms with E-state index in [0.29, 0.717) is 31.0 Å². The maximum absolute atomic E-state index is 11.5. The van der Waals surface area contributed by atoms with Crippen molar-refractivity contribution in [2.24, 2.45) is 0 Å². The Morgan fingerprint density at radius 1 is 1.33 bits per heavy atom. The van der Waals surface area contributed by atoms with Crippen LogP contribution in [0.2, 0.25) is 0 Å². The number of nitrogens with two attached hydrogens (primary N) is 1. The summed E-state index contributed by atoms with van der Waals surface area (Å²) < 4.78 is 12.2. The van der Waals surface area contributed by atoms with Crippen LogP contribution in [0.15, 0.2) is 36.7 Å². The molecule has 2 aromatic rings. The summed E-state index contributed by atoms with van der Waals surface area (Å²) in [7, 11) is 0. The van der Waals surface area contributed by atoms with Gasteiger partial charge in [-0.05, 0) is 31.2 Å². The second-order valence-electron chi connectivity index (χ2n) is 4.48. The van der Waals surface area contributed by atoms with Crippen LogP contribution in [0.1, 0.15) is 23.7 Å². The number of rotatable bonds is 7. The number of benzene rings is 1. The third kappa shape index (κ3) is 4.52. The molecule has 2 rings (SSSR count). The molecule has 0 spiro atoms. The molecule has 2 N–H and O–H groups in total. The summed E-state index contributed by atoms with van der Waals surface area (Å²) in [6, 6.07) is 7.27. The van der Waals surface area contributed by atoms with E-state index in [2.05, 4.69) is 5.10 Å². The molecule has 21 heavy (non-hydrogen) atoms. The third-order valence-electron chi connectivity index (χ3n) is 2.82. The molecule has 1 aromatic carbocycles. The Bertz CT molecular complexity index is 578. The lowest BCUT2D eigenvalue weighted by Gasteiger charge is -2.06. The van der Waals surface area contributed by atoms with Crippen LogP contribution in [0, 0.1) is 0 Å². The summed E-state index contributed by atoms with van der Waals surface area (Å²) in [6.07, 6.45) is 3.98. The SMILES string of the molecule is CCOC(=O)c1cnn(CCCOc2ccc(N)cc2)c1. The second kappa shape index (κ2) is 7.33. The molecule has 6 heteroatoms. The van der Waals surface area contributed by atoms with E-state index in [-0.39, 0.29) is 5.97 Å². The zero-order chi connectivity index (χ0) is 15.1. The average molecular weight is 289 g/mol. The highest BCUT2D eigenvalue weighted by Crippen LogP contribution is 2.13. The van der Waals surface area contributed by atoms with Crippen molar-refractivity contribution in [1.29, 1.82) is 0 Å². The summed E-state index contributed by atoms with van der Waals surface area (Å²) in [4.78, 5) is 11.5. The van der Waals surface area contributed by atoms with E-state index in [0.717, 1.165) is 12.2 Å². The highest BCUT2D eigenvalue weighted by atomic mass is 16.5. The standard InChI is InChI=1S/C15H19N3O3/c1-2-20-15(19)12-10-17-18(11-12)8-3-9-21-14-6-4-13(16)5-7-14/h4-7,10-11H,2-3,8-9,16H2,1H3. The first-order chi connectivity index (χ1) is 10.2. The van der Waals surface area contributed by atoms with Gasteiger partial charge >= 0.3 is 5.97 Å². The number of ether oxygens (including phenoxy) is 2. The molecule has 1 heterocycles. The number of nitrogen functional groups attached to an aromatic ring is 1. The van der Waals surface area contributed by atoms with Crippen molar-refractivity contribution in [3.8, 4) is 5.75 Å². The quantitative estimate of drug-likeness (QED) is 0.480. The molecule has 0 radical (unpaired) electrons. The van der Waals surface area contributed by atoms with Crippen LogP contribution in [0.4, 0.5) is 5.69 Å². The van der Waals surface area contributed by atoms with Crippen molar-refractivity contribution in [2.75, 3.05) is 18.9 Å². The lowest BCUT2D eigenvalue weighted by molar-refractivity contribution is 0.0526. The molecule has 1 aromatic heterocycles. The molecule has 112 valence electrons. The van der Waals surface area contributed by atoms with Gasteiger partial charge in [0.1, 0.15) is 5.75 Å². The topological polar surface area (TPSA) is 79.4 Å². The number of aryl methyl sites for hydroxylation is 1. The number of carbonyl (C=O) groups is 1. The number of anilines is 1. The maximum Gasteiger partial charge on any atom is 0.341 e. The Balaban J connectivity index is 1.73. The fourth-order valence-electron chi connectivity index (χ4n) is 1.79. The minimum atomic E-state index is -0.345. The van der Waals surface area contributed by atoms with Gasteiger partial charge in [-0.15, -0.1) is 0 Å². The average Bonchev–Trinajstić information content (AvgIpc) is 2.95. The first kappa shape index (κ1) is 14.9. The predicted molar refractivity (Wildman–Crippen MR) is 79.1 cm³/mol. The number of esters is 1. The van der Waals surface area contributed by atoms with Gasteiger partial charge in [0.15, 0.2) is 0 Å². The van der Waals surface area contributed by atoms with Crippen LogP contribution in [0.5, 0.6) is 5.75 Å². The zero-order valence-electron chi connectivity index (χ0n) is 12.0. The molecule has 0 fully saturated rings. The van der Waals surface area contributed by atoms with Gasteiger partial charge in [0.25, 0.3) is 0 Å². The van der Waals surface area contributed by atoms with Crippen LogP contribution in [0.25, 0.3) is 0 Å². The molecule has 0 amide bonds. The van der Waals surface area contributed by atoms with Crippen LogP contribution in [-0.4, -0.2) is 29.0 Å². The van der Waals surface area contributed by atoms with E-state index in [4.69, 9.17) is 15.2 Å². The summed E-state index contributed by atoms with van der Waals surface area (Å²) in [5.41, 5.74) is 6.78. The van der Waals surface area contributed by atoms with Gasteiger partial charge in [-0.2, -0.15) is 5.10 Å². The first-order valence-electron chi connectivity index (χ1n) is 6.87. The Hall–Kier alpha value is -2.50. The lowest BCUT2D eigenvalue weighted by Crippen LogP contribution is -2.06. The highest BCUT2D eigenvalue weighted by molar-refractivity contribution is 5.88. The van der Waals surface area contributed by atoms with Crippen LogP contribution >= 0.6 is 0 Å². The van der Waals surface area contributed by atoms with Crippen molar-refractivity contribution in [3.05, 3.63) is 42.2 Å². The molecule has 0 atom stereocenters. The van der Waals surface area contributed by atoms with E-state index < -0.39 is 0 Å². The van der Waals surface area contributed by atoms with Crippen LogP contribution in [0.3, 0.4) is 0 Å². The van der Waals surface area contributed by atoms with Crippen molar-refractivity contribution in [2.45, 2.75) is 19.9 Å². The number of aromatic nitrogens is 2. The molecular weight excluding hydrogens is 270 g/mol. The van der Waals surface area contributed by atoms with Crippen LogP contribution < -0.4 is 10.5 Å². The molecule has 0 bridgehead atoms. The van der Waals surface area contributed by atoms with Gasteiger partial charge in [0.2, 0.25) is 0 Å². The zero-order valence-corrected chi connectivity index (χ0v) is 12.0. The van der Waals surface area contributed by atoms with Crippen LogP contribution in [-0.2, 0) is 11.3 Å². The Morgan fingerprint density at radius 3 is 2.81 bits per heavy atom. The predicted octanol–water partition coefficient (Wildman–Crippen LogP) is 2.11. The number of nitrogens with zero attached hydrogens (tertiary/aromatic N) is 2. The Morgan fingerprint density at radius 2 is 2.10 bits per heavy atom. The molecule has 6 nitrogen and oxygen atoms in total. The molecule has 0 saturated heterocycles. The minimum Gasteiger partial charge on any atom is -0.494 e. The molecule has 0 aliphatic rings. The molecule has 0 aliphatic heterocycles. The van der Waals surface area contributed by atoms with Gasteiger partial charge in [0.05, 0.1) is 25.0 Å². The molecular formula is C15H19N3O3. The van der Waals surface area contributed by atoms with Gasteiger partial charge < -0.3 is 15.2 Å². The molecule has 0 saturated carbocycles. The highest BCUT2D eigenvalue weighted by Gasteiger charge is 2.08. The minimum absolute atomic E-state index is 0.345. The van der Waals surface area contributed by atoms with Gasteiger partial charge in [-0.1, -0.05) is 0 Å². The molecule has 0 aliphatic carbocycles. The number of hydrogen-bond donors (Lipinski definition) is 1. The molecule has 0 unspecified atom stereocenters. The van der Waals surface area contributed by atoms with E-state index in [1.807, 2.05) is 12.1 Å². The van der Waals surface area contributed by atoms with E-state index in [1.165, 1.54) is 6.20 Å². The van der Waals surface area contributed by atoms with Gasteiger partial charge in [-0.3, -0.25) is 4.68 Å². The smallest absolute Gasteiger partial charge is 0.341 e. The lowest BCUT2D eigenvalue weighted by atomic mass is 10.3. The Labute approximate surface area is 123 Å². The fourth-order valence-corrected chi connectivity index (χ4v) is 1.79. The van der Waals surface area contributed by atoms with Crippen molar-refractivity contribution in [3.63, 3.8) is 0 Å². The third-order valence-corrected chi connectivity index (χ3v) is 2.82. The summed E-state index contributed by atoms with van der Waals surface area (Å²) in [5.74, 6) is 0.443. The van der Waals surface area contributed by atoms with E-state index in [1.54, 1.807) is 29.9 Å². The Kier molecular flexibility index (Phi) is 5.20. The maximum atomic E-state index is 11.5. The van der Waals surface area contributed by atoms with Gasteiger partial charge in [-0.25, -0.2) is 4.79 Å². The normalized spacial score (nSPS) is 10.3. The number of hydrogen-bond acceptors (Lipinski definition) is 5. The first-order valence-corrected chi connectivity index (χ1v) is 6.87. The van der Waals surface area contributed by atoms with E-state index in [9.17, 15) is 4.79 Å². The summed E-state index contributed by atoms with van der Waals surface area (Å²) in [5, 5.41) is 4.12. The largest absolute Gasteiger partial charge is 0.494 e. The summed E-state index contributed by atoms with van der Waals surface area (Å²) in [6.45, 7) is 3.38. The van der Waals surface area contributed by atoms with E-state index >= 15 is 0 Å². The number of carbonyl (C=O) groups excluding carboxylic acids is 1. The monoisotopic (exact) mass is 289 g/mol. The van der Waals surface area contributed by atoms with Crippen molar-refractivity contribution >= 4 is 11.7 Å². The second-order valence-corrected chi connectivity index (χ2v) is 4.48. The van der Waals surface area contributed by atoms with Crippen molar-refractivity contribution < 1.29 is 14.3 Å². The van der Waals surface area contributed by atoms with Crippen molar-refractivity contribution in [1.82, 2.24) is 9.78 Å². The van der Waals surface area contributed by atoms with Gasteiger partial charge in [0, 0.05) is 24.8 Å². The summed E-state index contributed by atoms with van der Waals surface area (Å²) >= 11 is 0. The fraction of sp³-hybridized carbons (Fsp3) is 0.333.